The average Bonchev–Trinajstić information content (AvgIpc) is 2.97. The van der Waals surface area contributed by atoms with Crippen molar-refractivity contribution in [2.24, 2.45) is 0 Å². The lowest BCUT2D eigenvalue weighted by molar-refractivity contribution is 0.0752. The van der Waals surface area contributed by atoms with Crippen LogP contribution in [0.25, 0.3) is 0 Å². The number of sulfone groups is 1. The maximum Gasteiger partial charge on any atom is 0.263 e. The highest BCUT2D eigenvalue weighted by Gasteiger charge is 2.33. The van der Waals surface area contributed by atoms with E-state index in [1.54, 1.807) is 13.1 Å². The van der Waals surface area contributed by atoms with Gasteiger partial charge < -0.3 is 10.0 Å². The maximum atomic E-state index is 12.4. The highest BCUT2D eigenvalue weighted by molar-refractivity contribution is 7.91. The molecule has 1 amide bonds. The van der Waals surface area contributed by atoms with Crippen molar-refractivity contribution in [3.05, 3.63) is 21.4 Å². The first-order chi connectivity index (χ1) is 9.84. The Kier molecular flexibility index (Phi) is 4.71. The molecule has 0 bridgehead atoms. The molecule has 1 saturated heterocycles. The predicted molar refractivity (Wildman–Crippen MR) is 82.2 cm³/mol. The Morgan fingerprint density at radius 3 is 2.86 bits per heavy atom. The molecule has 0 spiro atoms. The van der Waals surface area contributed by atoms with E-state index in [-0.39, 0.29) is 30.1 Å². The summed E-state index contributed by atoms with van der Waals surface area (Å²) in [5, 5.41) is 8.71. The van der Waals surface area contributed by atoms with Gasteiger partial charge in [0.05, 0.1) is 21.3 Å². The summed E-state index contributed by atoms with van der Waals surface area (Å²) in [5.74, 6) is 5.38. The van der Waals surface area contributed by atoms with Gasteiger partial charge in [0.15, 0.2) is 9.84 Å². The van der Waals surface area contributed by atoms with Crippen molar-refractivity contribution in [3.8, 4) is 11.8 Å². The number of thiophene rings is 1. The summed E-state index contributed by atoms with van der Waals surface area (Å²) in [6, 6.07) is 1.51. The molecule has 0 aliphatic carbocycles. The van der Waals surface area contributed by atoms with Gasteiger partial charge in [-0.3, -0.25) is 4.79 Å². The molecule has 1 atom stereocenters. The van der Waals surface area contributed by atoms with Gasteiger partial charge in [0.25, 0.3) is 5.91 Å². The average molecular weight is 327 g/mol. The molecular formula is C14H17NO4S2. The van der Waals surface area contributed by atoms with E-state index in [2.05, 4.69) is 11.8 Å². The van der Waals surface area contributed by atoms with Gasteiger partial charge in [-0.1, -0.05) is 11.8 Å². The van der Waals surface area contributed by atoms with Crippen molar-refractivity contribution in [2.75, 3.05) is 25.2 Å². The molecule has 1 N–H and O–H groups in total. The van der Waals surface area contributed by atoms with Crippen LogP contribution in [0, 0.1) is 18.8 Å². The van der Waals surface area contributed by atoms with Gasteiger partial charge in [-0.25, -0.2) is 8.42 Å². The largest absolute Gasteiger partial charge is 0.384 e. The van der Waals surface area contributed by atoms with Crippen molar-refractivity contribution in [3.63, 3.8) is 0 Å². The summed E-state index contributed by atoms with van der Waals surface area (Å²) in [6.45, 7) is 1.63. The molecule has 0 saturated carbocycles. The fraction of sp³-hybridized carbons (Fsp3) is 0.500. The van der Waals surface area contributed by atoms with E-state index in [9.17, 15) is 13.2 Å². The number of carbonyl (C=O) groups excluding carboxylic acids is 1. The van der Waals surface area contributed by atoms with Gasteiger partial charge >= 0.3 is 0 Å². The van der Waals surface area contributed by atoms with Crippen molar-refractivity contribution in [2.45, 2.75) is 19.4 Å². The second-order valence-corrected chi connectivity index (χ2v) is 8.34. The van der Waals surface area contributed by atoms with E-state index in [4.69, 9.17) is 5.11 Å². The lowest BCUT2D eigenvalue weighted by Crippen LogP contribution is -2.37. The monoisotopic (exact) mass is 327 g/mol. The van der Waals surface area contributed by atoms with E-state index in [0.29, 0.717) is 11.3 Å². The van der Waals surface area contributed by atoms with Crippen molar-refractivity contribution in [1.82, 2.24) is 4.90 Å². The minimum atomic E-state index is -3.01. The van der Waals surface area contributed by atoms with Crippen LogP contribution in [0.5, 0.6) is 0 Å². The third-order valence-corrected chi connectivity index (χ3v) is 6.38. The van der Waals surface area contributed by atoms with E-state index in [1.807, 2.05) is 6.92 Å². The lowest BCUT2D eigenvalue weighted by atomic mass is 10.2. The van der Waals surface area contributed by atoms with Crippen LogP contribution in [0.2, 0.25) is 0 Å². The minimum absolute atomic E-state index is 0.0385. The van der Waals surface area contributed by atoms with Crippen LogP contribution in [0.3, 0.4) is 0 Å². The van der Waals surface area contributed by atoms with Gasteiger partial charge in [-0.05, 0) is 25.0 Å². The maximum absolute atomic E-state index is 12.4. The highest BCUT2D eigenvalue weighted by Crippen LogP contribution is 2.24. The van der Waals surface area contributed by atoms with E-state index >= 15 is 0 Å². The van der Waals surface area contributed by atoms with Gasteiger partial charge in [0.2, 0.25) is 0 Å². The third-order valence-electron chi connectivity index (χ3n) is 3.49. The Balaban J connectivity index is 2.17. The zero-order chi connectivity index (χ0) is 15.6. The molecule has 2 heterocycles. The number of aryl methyl sites for hydroxylation is 1. The van der Waals surface area contributed by atoms with Gasteiger partial charge in [-0.2, -0.15) is 0 Å². The molecule has 1 unspecified atom stereocenters. The molecule has 5 nitrogen and oxygen atoms in total. The van der Waals surface area contributed by atoms with E-state index in [0.717, 1.165) is 10.4 Å². The Labute approximate surface area is 128 Å². The first kappa shape index (κ1) is 16.0. The summed E-state index contributed by atoms with van der Waals surface area (Å²) in [5.41, 5.74) is 0.886. The fourth-order valence-electron chi connectivity index (χ4n) is 2.25. The third kappa shape index (κ3) is 3.64. The molecule has 1 aliphatic rings. The summed E-state index contributed by atoms with van der Waals surface area (Å²) in [4.78, 5) is 15.2. The quantitative estimate of drug-likeness (QED) is 0.810. The van der Waals surface area contributed by atoms with Crippen LogP contribution in [0.1, 0.15) is 26.5 Å². The molecule has 0 aromatic carbocycles. The second kappa shape index (κ2) is 6.18. The molecule has 21 heavy (non-hydrogen) atoms. The van der Waals surface area contributed by atoms with Crippen molar-refractivity contribution < 1.29 is 18.3 Å². The minimum Gasteiger partial charge on any atom is -0.384 e. The molecule has 0 radical (unpaired) electrons. The predicted octanol–water partition coefficient (Wildman–Crippen LogP) is 0.659. The van der Waals surface area contributed by atoms with Crippen LogP contribution in [0.15, 0.2) is 6.07 Å². The highest BCUT2D eigenvalue weighted by atomic mass is 32.2. The number of aliphatic hydroxyl groups excluding tert-OH is 1. The first-order valence-corrected chi connectivity index (χ1v) is 9.15. The number of hydrogen-bond acceptors (Lipinski definition) is 5. The summed E-state index contributed by atoms with van der Waals surface area (Å²) >= 11 is 1.27. The molecule has 1 aromatic heterocycles. The van der Waals surface area contributed by atoms with Crippen molar-refractivity contribution >= 4 is 27.1 Å². The van der Waals surface area contributed by atoms with Crippen LogP contribution < -0.4 is 0 Å². The van der Waals surface area contributed by atoms with Crippen LogP contribution in [-0.4, -0.2) is 55.5 Å². The van der Waals surface area contributed by atoms with E-state index in [1.165, 1.54) is 16.2 Å². The molecule has 7 heteroatoms. The SMILES string of the molecule is Cc1cc(C(=O)N(C)C2CCS(=O)(=O)C2)sc1C#CCO. The number of aliphatic hydroxyl groups is 1. The Bertz CT molecular complexity index is 709. The topological polar surface area (TPSA) is 74.7 Å². The van der Waals surface area contributed by atoms with Crippen LogP contribution >= 0.6 is 11.3 Å². The number of nitrogens with zero attached hydrogens (tertiary/aromatic N) is 1. The normalized spacial score (nSPS) is 19.9. The standard InChI is InChI=1S/C14H17NO4S2/c1-10-8-13(20-12(10)4-3-6-16)14(17)15(2)11-5-7-21(18,19)9-11/h8,11,16H,5-7,9H2,1-2H3. The lowest BCUT2D eigenvalue weighted by Gasteiger charge is -2.22. The van der Waals surface area contributed by atoms with Crippen molar-refractivity contribution in [1.29, 1.82) is 0 Å². The molecule has 1 fully saturated rings. The fourth-order valence-corrected chi connectivity index (χ4v) is 5.06. The van der Waals surface area contributed by atoms with Gasteiger partial charge in [0, 0.05) is 13.1 Å². The summed E-state index contributed by atoms with van der Waals surface area (Å²) in [7, 11) is -1.37. The number of carbonyl (C=O) groups is 1. The number of rotatable bonds is 2. The van der Waals surface area contributed by atoms with Gasteiger partial charge in [0.1, 0.15) is 6.61 Å². The van der Waals surface area contributed by atoms with Gasteiger partial charge in [-0.15, -0.1) is 11.3 Å². The zero-order valence-corrected chi connectivity index (χ0v) is 13.6. The second-order valence-electron chi connectivity index (χ2n) is 5.06. The van der Waals surface area contributed by atoms with Crippen LogP contribution in [0.4, 0.5) is 0 Å². The molecule has 2 rings (SSSR count). The number of amides is 1. The Morgan fingerprint density at radius 2 is 2.29 bits per heavy atom. The molecule has 114 valence electrons. The molecular weight excluding hydrogens is 310 g/mol. The molecule has 1 aromatic rings. The van der Waals surface area contributed by atoms with Crippen LogP contribution in [-0.2, 0) is 9.84 Å². The Morgan fingerprint density at radius 1 is 1.57 bits per heavy atom. The smallest absolute Gasteiger partial charge is 0.263 e. The first-order valence-electron chi connectivity index (χ1n) is 6.52. The summed E-state index contributed by atoms with van der Waals surface area (Å²) < 4.78 is 23.0. The van der Waals surface area contributed by atoms with E-state index < -0.39 is 9.84 Å². The zero-order valence-electron chi connectivity index (χ0n) is 11.9. The number of hydrogen-bond donors (Lipinski definition) is 1. The summed E-state index contributed by atoms with van der Waals surface area (Å²) in [6.07, 6.45) is 0.492. The molecule has 1 aliphatic heterocycles. The Hall–Kier alpha value is -1.36.